The standard InChI is InChI=1S/C16H23Cl2N/c1-3-12-6-4-7-13(10-12)19-11(2)14-8-5-9-15(17)16(14)18/h5,8-9,11-13,19H,3-4,6-7,10H2,1-2H3. The lowest BCUT2D eigenvalue weighted by Gasteiger charge is -2.32. The van der Waals surface area contributed by atoms with E-state index in [1.165, 1.54) is 32.1 Å². The molecule has 0 aromatic heterocycles. The molecule has 1 aromatic rings. The van der Waals surface area contributed by atoms with Gasteiger partial charge in [-0.2, -0.15) is 0 Å². The van der Waals surface area contributed by atoms with E-state index < -0.39 is 0 Å². The summed E-state index contributed by atoms with van der Waals surface area (Å²) in [5, 5.41) is 5.05. The fourth-order valence-corrected chi connectivity index (χ4v) is 3.58. The van der Waals surface area contributed by atoms with Gasteiger partial charge < -0.3 is 5.32 Å². The maximum Gasteiger partial charge on any atom is 0.0639 e. The quantitative estimate of drug-likeness (QED) is 0.761. The Bertz CT molecular complexity index is 419. The first-order valence-corrected chi connectivity index (χ1v) is 8.07. The molecule has 0 saturated heterocycles. The molecule has 3 unspecified atom stereocenters. The molecule has 1 aliphatic carbocycles. The zero-order chi connectivity index (χ0) is 13.8. The van der Waals surface area contributed by atoms with Crippen molar-refractivity contribution >= 4 is 23.2 Å². The molecule has 1 fully saturated rings. The van der Waals surface area contributed by atoms with Crippen LogP contribution in [0, 0.1) is 5.92 Å². The van der Waals surface area contributed by atoms with Gasteiger partial charge in [0.2, 0.25) is 0 Å². The molecule has 106 valence electrons. The summed E-state index contributed by atoms with van der Waals surface area (Å²) in [7, 11) is 0. The molecule has 0 aliphatic heterocycles. The maximum atomic E-state index is 6.29. The minimum absolute atomic E-state index is 0.256. The van der Waals surface area contributed by atoms with Crippen LogP contribution in [0.25, 0.3) is 0 Å². The molecule has 1 nitrogen and oxygen atoms in total. The van der Waals surface area contributed by atoms with Gasteiger partial charge in [0.15, 0.2) is 0 Å². The van der Waals surface area contributed by atoms with Crippen LogP contribution in [0.5, 0.6) is 0 Å². The smallest absolute Gasteiger partial charge is 0.0639 e. The molecule has 3 atom stereocenters. The van der Waals surface area contributed by atoms with Crippen LogP contribution < -0.4 is 5.32 Å². The average molecular weight is 300 g/mol. The van der Waals surface area contributed by atoms with Crippen LogP contribution in [0.1, 0.15) is 57.6 Å². The van der Waals surface area contributed by atoms with Crippen LogP contribution >= 0.6 is 23.2 Å². The number of benzene rings is 1. The van der Waals surface area contributed by atoms with E-state index in [-0.39, 0.29) is 6.04 Å². The molecule has 2 rings (SSSR count). The van der Waals surface area contributed by atoms with Gasteiger partial charge in [0, 0.05) is 12.1 Å². The van der Waals surface area contributed by atoms with Crippen molar-refractivity contribution in [2.75, 3.05) is 0 Å². The largest absolute Gasteiger partial charge is 0.307 e. The summed E-state index contributed by atoms with van der Waals surface area (Å²) in [6.45, 7) is 4.47. The summed E-state index contributed by atoms with van der Waals surface area (Å²) >= 11 is 12.4. The number of hydrogen-bond acceptors (Lipinski definition) is 1. The van der Waals surface area contributed by atoms with Gasteiger partial charge in [0.05, 0.1) is 10.0 Å². The molecule has 0 amide bonds. The highest BCUT2D eigenvalue weighted by Gasteiger charge is 2.23. The van der Waals surface area contributed by atoms with Crippen molar-refractivity contribution in [1.82, 2.24) is 5.32 Å². The van der Waals surface area contributed by atoms with Gasteiger partial charge in [-0.3, -0.25) is 0 Å². The molecule has 1 N–H and O–H groups in total. The molecule has 1 saturated carbocycles. The van der Waals surface area contributed by atoms with Crippen LogP contribution in [0.15, 0.2) is 18.2 Å². The van der Waals surface area contributed by atoms with E-state index in [4.69, 9.17) is 23.2 Å². The molecular weight excluding hydrogens is 277 g/mol. The lowest BCUT2D eigenvalue weighted by atomic mass is 9.84. The van der Waals surface area contributed by atoms with Gasteiger partial charge in [-0.1, -0.05) is 61.5 Å². The van der Waals surface area contributed by atoms with Gasteiger partial charge >= 0.3 is 0 Å². The Morgan fingerprint density at radius 2 is 2.11 bits per heavy atom. The second-order valence-corrected chi connectivity index (χ2v) is 6.45. The molecule has 0 bridgehead atoms. The van der Waals surface area contributed by atoms with E-state index in [0.29, 0.717) is 16.1 Å². The Kier molecular flexibility index (Phi) is 5.56. The molecule has 0 heterocycles. The maximum absolute atomic E-state index is 6.29. The summed E-state index contributed by atoms with van der Waals surface area (Å²) in [6.07, 6.45) is 6.59. The number of hydrogen-bond donors (Lipinski definition) is 1. The summed E-state index contributed by atoms with van der Waals surface area (Å²) < 4.78 is 0. The monoisotopic (exact) mass is 299 g/mol. The normalized spacial score (nSPS) is 25.3. The highest BCUT2D eigenvalue weighted by molar-refractivity contribution is 6.42. The Balaban J connectivity index is 2.00. The molecule has 19 heavy (non-hydrogen) atoms. The topological polar surface area (TPSA) is 12.0 Å². The first-order chi connectivity index (χ1) is 9.11. The third kappa shape index (κ3) is 3.87. The van der Waals surface area contributed by atoms with E-state index in [0.717, 1.165) is 11.5 Å². The molecule has 0 radical (unpaired) electrons. The second kappa shape index (κ2) is 6.97. The van der Waals surface area contributed by atoms with E-state index >= 15 is 0 Å². The Morgan fingerprint density at radius 3 is 2.84 bits per heavy atom. The van der Waals surface area contributed by atoms with E-state index in [2.05, 4.69) is 25.2 Å². The van der Waals surface area contributed by atoms with Crippen molar-refractivity contribution in [3.8, 4) is 0 Å². The molecule has 1 aromatic carbocycles. The van der Waals surface area contributed by atoms with Crippen LogP contribution in [0.4, 0.5) is 0 Å². The van der Waals surface area contributed by atoms with Crippen molar-refractivity contribution in [1.29, 1.82) is 0 Å². The number of rotatable bonds is 4. The Morgan fingerprint density at radius 1 is 1.32 bits per heavy atom. The number of nitrogens with one attached hydrogen (secondary N) is 1. The predicted octanol–water partition coefficient (Wildman–Crippen LogP) is 5.61. The first-order valence-electron chi connectivity index (χ1n) is 7.31. The summed E-state index contributed by atoms with van der Waals surface area (Å²) in [6, 6.07) is 6.74. The highest BCUT2D eigenvalue weighted by atomic mass is 35.5. The van der Waals surface area contributed by atoms with Crippen molar-refractivity contribution in [2.45, 2.75) is 58.0 Å². The minimum atomic E-state index is 0.256. The van der Waals surface area contributed by atoms with Crippen molar-refractivity contribution in [3.63, 3.8) is 0 Å². The lowest BCUT2D eigenvalue weighted by Crippen LogP contribution is -2.35. The zero-order valence-electron chi connectivity index (χ0n) is 11.8. The molecule has 3 heteroatoms. The molecular formula is C16H23Cl2N. The SMILES string of the molecule is CCC1CCCC(NC(C)c2cccc(Cl)c2Cl)C1. The fraction of sp³-hybridized carbons (Fsp3) is 0.625. The van der Waals surface area contributed by atoms with Gasteiger partial charge in [-0.05, 0) is 37.3 Å². The number of halogens is 2. The van der Waals surface area contributed by atoms with Gasteiger partial charge in [-0.15, -0.1) is 0 Å². The first kappa shape index (κ1) is 15.2. The summed E-state index contributed by atoms with van der Waals surface area (Å²) in [4.78, 5) is 0. The summed E-state index contributed by atoms with van der Waals surface area (Å²) in [5.74, 6) is 0.883. The van der Waals surface area contributed by atoms with Crippen LogP contribution in [0.3, 0.4) is 0 Å². The van der Waals surface area contributed by atoms with E-state index in [1.807, 2.05) is 12.1 Å². The molecule has 0 spiro atoms. The van der Waals surface area contributed by atoms with Gasteiger partial charge in [0.1, 0.15) is 0 Å². The van der Waals surface area contributed by atoms with Gasteiger partial charge in [0.25, 0.3) is 0 Å². The van der Waals surface area contributed by atoms with E-state index in [9.17, 15) is 0 Å². The van der Waals surface area contributed by atoms with Crippen molar-refractivity contribution in [3.05, 3.63) is 33.8 Å². The second-order valence-electron chi connectivity index (χ2n) is 5.67. The fourth-order valence-electron chi connectivity index (χ4n) is 3.11. The molecule has 1 aliphatic rings. The van der Waals surface area contributed by atoms with Crippen LogP contribution in [-0.4, -0.2) is 6.04 Å². The zero-order valence-corrected chi connectivity index (χ0v) is 13.3. The lowest BCUT2D eigenvalue weighted by molar-refractivity contribution is 0.266. The Hall–Kier alpha value is -0.240. The predicted molar refractivity (Wildman–Crippen MR) is 84.0 cm³/mol. The highest BCUT2D eigenvalue weighted by Crippen LogP contribution is 2.32. The van der Waals surface area contributed by atoms with Crippen molar-refractivity contribution in [2.24, 2.45) is 5.92 Å². The van der Waals surface area contributed by atoms with E-state index in [1.54, 1.807) is 0 Å². The Labute approximate surface area is 126 Å². The minimum Gasteiger partial charge on any atom is -0.307 e. The third-order valence-electron chi connectivity index (χ3n) is 4.29. The van der Waals surface area contributed by atoms with Crippen LogP contribution in [0.2, 0.25) is 10.0 Å². The van der Waals surface area contributed by atoms with Crippen molar-refractivity contribution < 1.29 is 0 Å². The van der Waals surface area contributed by atoms with Crippen LogP contribution in [-0.2, 0) is 0 Å². The average Bonchev–Trinajstić information content (AvgIpc) is 2.42. The van der Waals surface area contributed by atoms with Gasteiger partial charge in [-0.25, -0.2) is 0 Å². The third-order valence-corrected chi connectivity index (χ3v) is 5.13. The summed E-state index contributed by atoms with van der Waals surface area (Å²) in [5.41, 5.74) is 1.10.